The van der Waals surface area contributed by atoms with Gasteiger partial charge in [0.25, 0.3) is 0 Å². The van der Waals surface area contributed by atoms with E-state index in [1.807, 2.05) is 19.4 Å². The van der Waals surface area contributed by atoms with Gasteiger partial charge in [-0.05, 0) is 25.3 Å². The fourth-order valence-electron chi connectivity index (χ4n) is 4.31. The second-order valence-electron chi connectivity index (χ2n) is 6.68. The van der Waals surface area contributed by atoms with Crippen LogP contribution in [0.5, 0.6) is 0 Å². The van der Waals surface area contributed by atoms with Gasteiger partial charge in [-0.2, -0.15) is 0 Å². The van der Waals surface area contributed by atoms with E-state index in [1.165, 1.54) is 11.1 Å². The van der Waals surface area contributed by atoms with Crippen LogP contribution in [0, 0.1) is 12.8 Å². The molecule has 0 spiro atoms. The molecule has 5 heteroatoms. The summed E-state index contributed by atoms with van der Waals surface area (Å²) in [5, 5.41) is 11.0. The zero-order chi connectivity index (χ0) is 16.3. The summed E-state index contributed by atoms with van der Waals surface area (Å²) in [5.74, 6) is 0.864. The predicted molar refractivity (Wildman–Crippen MR) is 89.3 cm³/mol. The minimum Gasteiger partial charge on any atom is -0.388 e. The SMILES string of the molecule is Cc1ncc2c(n1)CC[C@H](C1c3ccccc3-c3cncn31)[C@H]2O. The van der Waals surface area contributed by atoms with Gasteiger partial charge in [0.1, 0.15) is 5.82 Å². The number of hydrogen-bond acceptors (Lipinski definition) is 4. The molecule has 5 nitrogen and oxygen atoms in total. The number of aromatic nitrogens is 4. The Morgan fingerprint density at radius 3 is 2.96 bits per heavy atom. The highest BCUT2D eigenvalue weighted by molar-refractivity contribution is 5.69. The van der Waals surface area contributed by atoms with Crippen LogP contribution in [0.3, 0.4) is 0 Å². The van der Waals surface area contributed by atoms with E-state index in [1.54, 1.807) is 6.20 Å². The van der Waals surface area contributed by atoms with Crippen LogP contribution in [0.25, 0.3) is 11.3 Å². The number of fused-ring (bicyclic) bond motifs is 4. The third-order valence-corrected chi connectivity index (χ3v) is 5.39. The third-order valence-electron chi connectivity index (χ3n) is 5.39. The molecule has 1 N–H and O–H groups in total. The normalized spacial score (nSPS) is 24.3. The number of imidazole rings is 1. The molecule has 2 aromatic heterocycles. The molecular formula is C19H18N4O. The van der Waals surface area contributed by atoms with Crippen molar-refractivity contribution in [1.29, 1.82) is 0 Å². The lowest BCUT2D eigenvalue weighted by Gasteiger charge is -2.34. The zero-order valence-electron chi connectivity index (χ0n) is 13.4. The second-order valence-corrected chi connectivity index (χ2v) is 6.68. The molecule has 3 heterocycles. The Hall–Kier alpha value is -2.53. The lowest BCUT2D eigenvalue weighted by Crippen LogP contribution is -2.29. The van der Waals surface area contributed by atoms with Crippen LogP contribution in [-0.4, -0.2) is 24.6 Å². The quantitative estimate of drug-likeness (QED) is 0.749. The lowest BCUT2D eigenvalue weighted by molar-refractivity contribution is 0.0705. The topological polar surface area (TPSA) is 63.8 Å². The fourth-order valence-corrected chi connectivity index (χ4v) is 4.31. The van der Waals surface area contributed by atoms with Gasteiger partial charge in [0.2, 0.25) is 0 Å². The van der Waals surface area contributed by atoms with E-state index >= 15 is 0 Å². The third kappa shape index (κ3) is 1.82. The number of aliphatic hydroxyl groups excluding tert-OH is 1. The summed E-state index contributed by atoms with van der Waals surface area (Å²) in [5.41, 5.74) is 5.49. The van der Waals surface area contributed by atoms with E-state index < -0.39 is 6.10 Å². The first kappa shape index (κ1) is 13.9. The van der Waals surface area contributed by atoms with Crippen molar-refractivity contribution in [2.75, 3.05) is 0 Å². The van der Waals surface area contributed by atoms with Gasteiger partial charge < -0.3 is 9.67 Å². The molecule has 0 saturated heterocycles. The molecule has 120 valence electrons. The molecule has 24 heavy (non-hydrogen) atoms. The highest BCUT2D eigenvalue weighted by Crippen LogP contribution is 2.49. The van der Waals surface area contributed by atoms with Crippen LogP contribution in [-0.2, 0) is 6.42 Å². The van der Waals surface area contributed by atoms with Gasteiger partial charge in [0.15, 0.2) is 0 Å². The predicted octanol–water partition coefficient (Wildman–Crippen LogP) is 2.85. The molecule has 0 radical (unpaired) electrons. The molecule has 3 aromatic rings. The maximum Gasteiger partial charge on any atom is 0.125 e. The maximum atomic E-state index is 11.0. The summed E-state index contributed by atoms with van der Waals surface area (Å²) in [6.07, 6.45) is 6.82. The van der Waals surface area contributed by atoms with E-state index in [2.05, 4.69) is 43.8 Å². The van der Waals surface area contributed by atoms with E-state index in [-0.39, 0.29) is 12.0 Å². The summed E-state index contributed by atoms with van der Waals surface area (Å²) in [4.78, 5) is 13.1. The first-order valence-electron chi connectivity index (χ1n) is 8.35. The minimum atomic E-state index is -0.555. The van der Waals surface area contributed by atoms with Crippen molar-refractivity contribution in [2.24, 2.45) is 5.92 Å². The molecule has 0 fully saturated rings. The number of benzene rings is 1. The van der Waals surface area contributed by atoms with Gasteiger partial charge in [-0.25, -0.2) is 15.0 Å². The van der Waals surface area contributed by atoms with Gasteiger partial charge in [-0.15, -0.1) is 0 Å². The summed E-state index contributed by atoms with van der Waals surface area (Å²) >= 11 is 0. The van der Waals surface area contributed by atoms with Gasteiger partial charge in [-0.3, -0.25) is 0 Å². The van der Waals surface area contributed by atoms with Crippen molar-refractivity contribution >= 4 is 0 Å². The summed E-state index contributed by atoms with van der Waals surface area (Å²) in [6.45, 7) is 1.89. The lowest BCUT2D eigenvalue weighted by atomic mass is 9.78. The molecule has 5 rings (SSSR count). The monoisotopic (exact) mass is 318 g/mol. The van der Waals surface area contributed by atoms with Crippen molar-refractivity contribution in [2.45, 2.75) is 31.9 Å². The molecule has 0 saturated carbocycles. The molecule has 1 aliphatic carbocycles. The first-order chi connectivity index (χ1) is 11.7. The molecule has 3 atom stereocenters. The molecular weight excluding hydrogens is 300 g/mol. The summed E-state index contributed by atoms with van der Waals surface area (Å²) < 4.78 is 2.21. The van der Waals surface area contributed by atoms with Crippen molar-refractivity contribution in [3.8, 4) is 11.3 Å². The molecule has 0 bridgehead atoms. The highest BCUT2D eigenvalue weighted by Gasteiger charge is 2.40. The maximum absolute atomic E-state index is 11.0. The Balaban J connectivity index is 1.62. The smallest absolute Gasteiger partial charge is 0.125 e. The molecule has 1 aliphatic heterocycles. The molecule has 1 unspecified atom stereocenters. The second kappa shape index (κ2) is 4.98. The van der Waals surface area contributed by atoms with Gasteiger partial charge in [-0.1, -0.05) is 24.3 Å². The Labute approximate surface area is 140 Å². The van der Waals surface area contributed by atoms with Gasteiger partial charge in [0, 0.05) is 28.9 Å². The molecule has 2 aliphatic rings. The van der Waals surface area contributed by atoms with Crippen molar-refractivity contribution in [3.63, 3.8) is 0 Å². The molecule has 0 amide bonds. The Morgan fingerprint density at radius 2 is 2.04 bits per heavy atom. The van der Waals surface area contributed by atoms with Gasteiger partial charge in [0.05, 0.1) is 30.4 Å². The van der Waals surface area contributed by atoms with Crippen molar-refractivity contribution < 1.29 is 5.11 Å². The zero-order valence-corrected chi connectivity index (χ0v) is 13.4. The van der Waals surface area contributed by atoms with Crippen molar-refractivity contribution in [1.82, 2.24) is 19.5 Å². The number of aryl methyl sites for hydroxylation is 2. The number of aliphatic hydroxyl groups is 1. The van der Waals surface area contributed by atoms with Crippen LogP contribution in [0.15, 0.2) is 43.0 Å². The minimum absolute atomic E-state index is 0.0976. The van der Waals surface area contributed by atoms with Crippen molar-refractivity contribution in [3.05, 3.63) is 65.6 Å². The fraction of sp³-hybridized carbons (Fsp3) is 0.316. The average Bonchev–Trinajstić information content (AvgIpc) is 3.16. The Kier molecular flexibility index (Phi) is 2.88. The Bertz CT molecular complexity index is 933. The van der Waals surface area contributed by atoms with E-state index in [0.717, 1.165) is 35.6 Å². The number of rotatable bonds is 1. The largest absolute Gasteiger partial charge is 0.388 e. The average molecular weight is 318 g/mol. The number of hydrogen-bond donors (Lipinski definition) is 1. The van der Waals surface area contributed by atoms with Crippen LogP contribution >= 0.6 is 0 Å². The van der Waals surface area contributed by atoms with E-state index in [9.17, 15) is 5.11 Å². The summed E-state index contributed by atoms with van der Waals surface area (Å²) in [6, 6.07) is 8.55. The first-order valence-corrected chi connectivity index (χ1v) is 8.35. The standard InChI is InChI=1S/C19H18N4O/c1-11-21-8-15-16(22-11)7-6-14(19(15)24)18-13-5-3-2-4-12(13)17-9-20-10-23(17)18/h2-5,8-10,14,18-19,24H,6-7H2,1H3/t14-,18?,19-/m1/s1. The highest BCUT2D eigenvalue weighted by atomic mass is 16.3. The summed E-state index contributed by atoms with van der Waals surface area (Å²) in [7, 11) is 0. The van der Waals surface area contributed by atoms with E-state index in [0.29, 0.717) is 0 Å². The van der Waals surface area contributed by atoms with Crippen LogP contribution in [0.1, 0.15) is 41.2 Å². The van der Waals surface area contributed by atoms with Gasteiger partial charge >= 0.3 is 0 Å². The number of nitrogens with zero attached hydrogens (tertiary/aromatic N) is 4. The molecule has 1 aromatic carbocycles. The van der Waals surface area contributed by atoms with E-state index in [4.69, 9.17) is 0 Å². The van der Waals surface area contributed by atoms with Crippen LogP contribution < -0.4 is 0 Å². The van der Waals surface area contributed by atoms with Crippen LogP contribution in [0.4, 0.5) is 0 Å². The van der Waals surface area contributed by atoms with Crippen LogP contribution in [0.2, 0.25) is 0 Å². The Morgan fingerprint density at radius 1 is 1.17 bits per heavy atom.